The lowest BCUT2D eigenvalue weighted by Gasteiger charge is -2.18. The zero-order chi connectivity index (χ0) is 22.5. The third-order valence-corrected chi connectivity index (χ3v) is 6.41. The molecule has 0 atom stereocenters. The predicted octanol–water partition coefficient (Wildman–Crippen LogP) is 2.35. The molecule has 0 unspecified atom stereocenters. The number of carbonyl (C=O) groups is 2. The smallest absolute Gasteiger partial charge is 0.267 e. The van der Waals surface area contributed by atoms with Crippen molar-refractivity contribution in [3.05, 3.63) is 68.7 Å². The molecule has 2 amide bonds. The molecule has 2 rings (SSSR count). The third kappa shape index (κ3) is 5.12. The van der Waals surface area contributed by atoms with Gasteiger partial charge in [0, 0.05) is 29.7 Å². The summed E-state index contributed by atoms with van der Waals surface area (Å²) in [6.45, 7) is 3.93. The Balaban J connectivity index is 2.18. The number of nitro groups is 1. The largest absolute Gasteiger partial charge is 0.283 e. The maximum absolute atomic E-state index is 12.6. The number of halogens is 1. The lowest BCUT2D eigenvalue weighted by molar-refractivity contribution is -0.385. The van der Waals surface area contributed by atoms with Crippen LogP contribution in [0.25, 0.3) is 0 Å². The molecule has 2 N–H and O–H groups in total. The third-order valence-electron chi connectivity index (χ3n) is 4.13. The molecule has 0 heterocycles. The Morgan fingerprint density at radius 3 is 2.30 bits per heavy atom. The van der Waals surface area contributed by atoms with Crippen molar-refractivity contribution in [1.82, 2.24) is 15.2 Å². The summed E-state index contributed by atoms with van der Waals surface area (Å²) in [6, 6.07) is 8.77. The van der Waals surface area contributed by atoms with E-state index in [-0.39, 0.29) is 34.1 Å². The molecule has 2 aromatic rings. The summed E-state index contributed by atoms with van der Waals surface area (Å²) in [4.78, 5) is 34.8. The molecule has 0 saturated carbocycles. The summed E-state index contributed by atoms with van der Waals surface area (Å²) < 4.78 is 26.4. The SMILES string of the molecule is CCN(CC)S(=O)(=O)c1cccc(C(=O)NNC(=O)c2ccc(Cl)cc2[N+](=O)[O-])c1. The van der Waals surface area contributed by atoms with E-state index in [1.165, 1.54) is 34.6 Å². The van der Waals surface area contributed by atoms with Gasteiger partial charge in [0.2, 0.25) is 10.0 Å². The van der Waals surface area contributed by atoms with Crippen LogP contribution >= 0.6 is 11.6 Å². The van der Waals surface area contributed by atoms with Crippen LogP contribution in [-0.2, 0) is 10.0 Å². The molecule has 0 saturated heterocycles. The Hall–Kier alpha value is -3.02. The predicted molar refractivity (Wildman–Crippen MR) is 110 cm³/mol. The summed E-state index contributed by atoms with van der Waals surface area (Å²) in [5.74, 6) is -1.73. The van der Waals surface area contributed by atoms with Gasteiger partial charge < -0.3 is 0 Å². The van der Waals surface area contributed by atoms with Crippen LogP contribution in [0.2, 0.25) is 5.02 Å². The van der Waals surface area contributed by atoms with Crippen LogP contribution in [0.15, 0.2) is 47.4 Å². The highest BCUT2D eigenvalue weighted by atomic mass is 35.5. The number of amides is 2. The van der Waals surface area contributed by atoms with E-state index in [0.717, 1.165) is 12.1 Å². The van der Waals surface area contributed by atoms with E-state index in [1.54, 1.807) is 13.8 Å². The molecule has 2 aromatic carbocycles. The van der Waals surface area contributed by atoms with Crippen molar-refractivity contribution in [2.45, 2.75) is 18.7 Å². The maximum atomic E-state index is 12.6. The molecule has 0 radical (unpaired) electrons. The lowest BCUT2D eigenvalue weighted by atomic mass is 10.1. The van der Waals surface area contributed by atoms with Crippen LogP contribution < -0.4 is 10.9 Å². The molecular weight excluding hydrogens is 436 g/mol. The number of hydrogen-bond acceptors (Lipinski definition) is 6. The number of hydrazine groups is 1. The summed E-state index contributed by atoms with van der Waals surface area (Å²) in [5.41, 5.74) is 3.33. The van der Waals surface area contributed by atoms with E-state index in [0.29, 0.717) is 0 Å². The maximum Gasteiger partial charge on any atom is 0.283 e. The average molecular weight is 455 g/mol. The molecule has 160 valence electrons. The fraction of sp³-hybridized carbons (Fsp3) is 0.222. The number of carbonyl (C=O) groups excluding carboxylic acids is 2. The van der Waals surface area contributed by atoms with Gasteiger partial charge in [0.25, 0.3) is 17.5 Å². The van der Waals surface area contributed by atoms with E-state index in [9.17, 15) is 28.1 Å². The van der Waals surface area contributed by atoms with Gasteiger partial charge >= 0.3 is 0 Å². The number of sulfonamides is 1. The summed E-state index contributed by atoms with van der Waals surface area (Å²) in [5, 5.41) is 11.2. The zero-order valence-corrected chi connectivity index (χ0v) is 17.7. The van der Waals surface area contributed by atoms with Gasteiger partial charge in [-0.2, -0.15) is 4.31 Å². The molecular formula is C18H19ClN4O6S. The number of nitro benzene ring substituents is 1. The van der Waals surface area contributed by atoms with Gasteiger partial charge in [-0.25, -0.2) is 8.42 Å². The molecule has 0 aliphatic carbocycles. The second kappa shape index (κ2) is 9.65. The number of hydrogen-bond donors (Lipinski definition) is 2. The van der Waals surface area contributed by atoms with Gasteiger partial charge in [-0.05, 0) is 30.3 Å². The second-order valence-corrected chi connectivity index (χ2v) is 8.32. The van der Waals surface area contributed by atoms with Gasteiger partial charge in [0.05, 0.1) is 9.82 Å². The lowest BCUT2D eigenvalue weighted by Crippen LogP contribution is -2.42. The fourth-order valence-electron chi connectivity index (χ4n) is 2.61. The molecule has 0 aliphatic heterocycles. The molecule has 30 heavy (non-hydrogen) atoms. The van der Waals surface area contributed by atoms with Crippen molar-refractivity contribution in [3.8, 4) is 0 Å². The number of nitrogens with one attached hydrogen (secondary N) is 2. The molecule has 12 heteroatoms. The summed E-state index contributed by atoms with van der Waals surface area (Å²) in [7, 11) is -3.77. The van der Waals surface area contributed by atoms with Crippen molar-refractivity contribution >= 4 is 39.1 Å². The van der Waals surface area contributed by atoms with Crippen molar-refractivity contribution in [2.24, 2.45) is 0 Å². The first-order chi connectivity index (χ1) is 14.1. The topological polar surface area (TPSA) is 139 Å². The monoisotopic (exact) mass is 454 g/mol. The number of nitrogens with zero attached hydrogens (tertiary/aromatic N) is 2. The molecule has 10 nitrogen and oxygen atoms in total. The Morgan fingerprint density at radius 1 is 1.07 bits per heavy atom. The minimum Gasteiger partial charge on any atom is -0.267 e. The van der Waals surface area contributed by atoms with E-state index in [4.69, 9.17) is 11.6 Å². The molecule has 0 aliphatic rings. The zero-order valence-electron chi connectivity index (χ0n) is 16.1. The van der Waals surface area contributed by atoms with E-state index in [1.807, 2.05) is 0 Å². The molecule has 0 bridgehead atoms. The molecule has 0 fully saturated rings. The first-order valence-corrected chi connectivity index (χ1v) is 10.6. The Kier molecular flexibility index (Phi) is 7.48. The average Bonchev–Trinajstić information content (AvgIpc) is 2.72. The van der Waals surface area contributed by atoms with Crippen molar-refractivity contribution in [1.29, 1.82) is 0 Å². The van der Waals surface area contributed by atoms with Crippen molar-refractivity contribution in [3.63, 3.8) is 0 Å². The highest BCUT2D eigenvalue weighted by Crippen LogP contribution is 2.23. The van der Waals surface area contributed by atoms with E-state index >= 15 is 0 Å². The van der Waals surface area contributed by atoms with Crippen LogP contribution in [0.1, 0.15) is 34.6 Å². The number of rotatable bonds is 7. The van der Waals surface area contributed by atoms with Crippen molar-refractivity contribution < 1.29 is 22.9 Å². The minimum absolute atomic E-state index is 0.0193. The van der Waals surface area contributed by atoms with Crippen LogP contribution in [0.5, 0.6) is 0 Å². The normalized spacial score (nSPS) is 11.2. The van der Waals surface area contributed by atoms with E-state index < -0.39 is 32.4 Å². The standard InChI is InChI=1S/C18H19ClN4O6S/c1-3-22(4-2)30(28,29)14-7-5-6-12(10-14)17(24)20-21-18(25)15-9-8-13(19)11-16(15)23(26)27/h5-11H,3-4H2,1-2H3,(H,20,24)(H,21,25). The highest BCUT2D eigenvalue weighted by Gasteiger charge is 2.24. The first-order valence-electron chi connectivity index (χ1n) is 8.76. The fourth-order valence-corrected chi connectivity index (χ4v) is 4.28. The van der Waals surface area contributed by atoms with Gasteiger partial charge in [-0.1, -0.05) is 31.5 Å². The van der Waals surface area contributed by atoms with Crippen LogP contribution in [0.4, 0.5) is 5.69 Å². The van der Waals surface area contributed by atoms with Gasteiger partial charge in [0.15, 0.2) is 0 Å². The van der Waals surface area contributed by atoms with Crippen LogP contribution in [0.3, 0.4) is 0 Å². The van der Waals surface area contributed by atoms with Crippen molar-refractivity contribution in [2.75, 3.05) is 13.1 Å². The Bertz CT molecular complexity index is 1090. The number of benzene rings is 2. The molecule has 0 spiro atoms. The van der Waals surface area contributed by atoms with E-state index in [2.05, 4.69) is 10.9 Å². The molecule has 0 aromatic heterocycles. The second-order valence-electron chi connectivity index (χ2n) is 5.94. The Labute approximate surface area is 178 Å². The van der Waals surface area contributed by atoms with Gasteiger partial charge in [0.1, 0.15) is 5.56 Å². The summed E-state index contributed by atoms with van der Waals surface area (Å²) >= 11 is 5.71. The highest BCUT2D eigenvalue weighted by molar-refractivity contribution is 7.89. The van der Waals surface area contributed by atoms with Crippen LogP contribution in [0, 0.1) is 10.1 Å². The Morgan fingerprint density at radius 2 is 1.70 bits per heavy atom. The quantitative estimate of drug-likeness (QED) is 0.486. The minimum atomic E-state index is -3.77. The summed E-state index contributed by atoms with van der Waals surface area (Å²) in [6.07, 6.45) is 0. The first kappa shape index (κ1) is 23.3. The van der Waals surface area contributed by atoms with Gasteiger partial charge in [-0.15, -0.1) is 0 Å². The van der Waals surface area contributed by atoms with Crippen LogP contribution in [-0.4, -0.2) is 42.6 Å². The van der Waals surface area contributed by atoms with Gasteiger partial charge in [-0.3, -0.25) is 30.6 Å².